The van der Waals surface area contributed by atoms with Crippen molar-refractivity contribution in [3.63, 3.8) is 0 Å². The van der Waals surface area contributed by atoms with E-state index < -0.39 is 5.97 Å². The van der Waals surface area contributed by atoms with E-state index >= 15 is 0 Å². The van der Waals surface area contributed by atoms with Crippen molar-refractivity contribution in [3.05, 3.63) is 59.2 Å². The second-order valence-electron chi connectivity index (χ2n) is 9.05. The second kappa shape index (κ2) is 11.4. The summed E-state index contributed by atoms with van der Waals surface area (Å²) in [5.74, 6) is -0.197. The molecule has 0 heterocycles. The molecule has 0 spiro atoms. The lowest BCUT2D eigenvalue weighted by atomic mass is 9.85. The van der Waals surface area contributed by atoms with E-state index in [-0.39, 0.29) is 12.2 Å². The number of hydrogen-bond donors (Lipinski definition) is 1. The van der Waals surface area contributed by atoms with Crippen molar-refractivity contribution in [2.24, 2.45) is 5.92 Å². The summed E-state index contributed by atoms with van der Waals surface area (Å²) in [5.41, 5.74) is 4.06. The van der Waals surface area contributed by atoms with Gasteiger partial charge < -0.3 is 14.6 Å². The van der Waals surface area contributed by atoms with Crippen molar-refractivity contribution in [1.29, 1.82) is 0 Å². The fourth-order valence-electron chi connectivity index (χ4n) is 4.46. The van der Waals surface area contributed by atoms with Gasteiger partial charge >= 0.3 is 5.97 Å². The van der Waals surface area contributed by atoms with Crippen LogP contribution in [0.5, 0.6) is 0 Å². The Hall–Kier alpha value is -2.17. The minimum atomic E-state index is -0.911. The third-order valence-electron chi connectivity index (χ3n) is 6.17. The number of rotatable bonds is 10. The lowest BCUT2D eigenvalue weighted by molar-refractivity contribution is -0.0532. The predicted octanol–water partition coefficient (Wildman–Crippen LogP) is 6.64. The average molecular weight is 425 g/mol. The third kappa shape index (κ3) is 6.91. The Kier molecular flexibility index (Phi) is 8.68. The molecular formula is C27H36O4. The predicted molar refractivity (Wildman–Crippen MR) is 124 cm³/mol. The summed E-state index contributed by atoms with van der Waals surface area (Å²) in [6, 6.07) is 13.4. The molecule has 1 fully saturated rings. The molecule has 0 amide bonds. The fraction of sp³-hybridized carbons (Fsp3) is 0.519. The topological polar surface area (TPSA) is 55.8 Å². The number of ether oxygens (including phenoxy) is 2. The van der Waals surface area contributed by atoms with Gasteiger partial charge in [-0.05, 0) is 67.5 Å². The number of aryl methyl sites for hydroxylation is 1. The van der Waals surface area contributed by atoms with Gasteiger partial charge in [-0.2, -0.15) is 0 Å². The van der Waals surface area contributed by atoms with Crippen molar-refractivity contribution in [2.75, 3.05) is 6.61 Å². The highest BCUT2D eigenvalue weighted by Gasteiger charge is 2.21. The van der Waals surface area contributed by atoms with Crippen LogP contribution in [-0.4, -0.2) is 29.9 Å². The van der Waals surface area contributed by atoms with Gasteiger partial charge in [-0.1, -0.05) is 62.4 Å². The molecule has 2 aromatic carbocycles. The zero-order chi connectivity index (χ0) is 22.2. The summed E-state index contributed by atoms with van der Waals surface area (Å²) in [6.07, 6.45) is 7.83. The van der Waals surface area contributed by atoms with Crippen molar-refractivity contribution in [1.82, 2.24) is 0 Å². The van der Waals surface area contributed by atoms with Gasteiger partial charge in [0.1, 0.15) is 0 Å². The molecule has 0 aromatic heterocycles. The van der Waals surface area contributed by atoms with Gasteiger partial charge in [0.2, 0.25) is 0 Å². The highest BCUT2D eigenvalue weighted by atomic mass is 16.5. The largest absolute Gasteiger partial charge is 0.478 e. The first-order valence-electron chi connectivity index (χ1n) is 11.6. The molecule has 0 saturated heterocycles. The SMILES string of the molecule is Cc1ccccc1-c1cc(CO[C@H](COC(C)C)CC2CCCCC2)ccc1C(=O)O. The molecule has 1 aliphatic rings. The number of benzene rings is 2. The van der Waals surface area contributed by atoms with Crippen molar-refractivity contribution < 1.29 is 19.4 Å². The Bertz CT molecular complexity index is 852. The van der Waals surface area contributed by atoms with E-state index in [1.54, 1.807) is 6.07 Å². The second-order valence-corrected chi connectivity index (χ2v) is 9.05. The van der Waals surface area contributed by atoms with E-state index in [9.17, 15) is 9.90 Å². The van der Waals surface area contributed by atoms with Crippen molar-refractivity contribution in [3.8, 4) is 11.1 Å². The Morgan fingerprint density at radius 2 is 1.77 bits per heavy atom. The van der Waals surface area contributed by atoms with Crippen LogP contribution in [0.15, 0.2) is 42.5 Å². The maximum Gasteiger partial charge on any atom is 0.336 e. The van der Waals surface area contributed by atoms with Crippen LogP contribution < -0.4 is 0 Å². The summed E-state index contributed by atoms with van der Waals surface area (Å²) in [6.45, 7) is 7.17. The van der Waals surface area contributed by atoms with E-state index in [4.69, 9.17) is 9.47 Å². The van der Waals surface area contributed by atoms with Crippen LogP contribution in [-0.2, 0) is 16.1 Å². The van der Waals surface area contributed by atoms with Gasteiger partial charge in [0.15, 0.2) is 0 Å². The molecule has 2 aromatic rings. The van der Waals surface area contributed by atoms with E-state index in [1.165, 1.54) is 32.1 Å². The maximum absolute atomic E-state index is 11.8. The van der Waals surface area contributed by atoms with E-state index in [0.717, 1.165) is 28.7 Å². The average Bonchev–Trinajstić information content (AvgIpc) is 2.76. The molecule has 1 saturated carbocycles. The molecule has 31 heavy (non-hydrogen) atoms. The lowest BCUT2D eigenvalue weighted by Gasteiger charge is -2.27. The first kappa shape index (κ1) is 23.5. The summed E-state index contributed by atoms with van der Waals surface area (Å²) in [7, 11) is 0. The van der Waals surface area contributed by atoms with Crippen molar-refractivity contribution in [2.45, 2.75) is 78.1 Å². The third-order valence-corrected chi connectivity index (χ3v) is 6.17. The zero-order valence-corrected chi connectivity index (χ0v) is 19.1. The van der Waals surface area contributed by atoms with Gasteiger partial charge in [-0.3, -0.25) is 0 Å². The fourth-order valence-corrected chi connectivity index (χ4v) is 4.46. The lowest BCUT2D eigenvalue weighted by Crippen LogP contribution is -2.26. The Balaban J connectivity index is 1.75. The summed E-state index contributed by atoms with van der Waals surface area (Å²) in [4.78, 5) is 11.8. The molecule has 0 aliphatic heterocycles. The van der Waals surface area contributed by atoms with Crippen LogP contribution in [0.4, 0.5) is 0 Å². The molecule has 1 N–H and O–H groups in total. The Labute approximate surface area is 186 Å². The van der Waals surface area contributed by atoms with Crippen molar-refractivity contribution >= 4 is 5.97 Å². The summed E-state index contributed by atoms with van der Waals surface area (Å²) < 4.78 is 12.2. The molecule has 4 nitrogen and oxygen atoms in total. The molecule has 0 radical (unpaired) electrons. The minimum Gasteiger partial charge on any atom is -0.478 e. The van der Waals surface area contributed by atoms with Crippen LogP contribution in [0.2, 0.25) is 0 Å². The van der Waals surface area contributed by atoms with E-state index in [1.807, 2.05) is 43.3 Å². The number of carbonyl (C=O) groups is 1. The normalized spacial score (nSPS) is 15.9. The molecule has 1 aliphatic carbocycles. The van der Waals surface area contributed by atoms with Crippen LogP contribution in [0.25, 0.3) is 11.1 Å². The van der Waals surface area contributed by atoms with Crippen LogP contribution >= 0.6 is 0 Å². The maximum atomic E-state index is 11.8. The molecule has 0 bridgehead atoms. The van der Waals surface area contributed by atoms with Gasteiger partial charge in [0.25, 0.3) is 0 Å². The molecule has 3 rings (SSSR count). The number of carboxylic acids is 1. The van der Waals surface area contributed by atoms with Gasteiger partial charge in [0.05, 0.1) is 31.0 Å². The summed E-state index contributed by atoms with van der Waals surface area (Å²) >= 11 is 0. The summed E-state index contributed by atoms with van der Waals surface area (Å²) in [5, 5.41) is 9.68. The number of carboxylic acid groups (broad SMARTS) is 1. The smallest absolute Gasteiger partial charge is 0.336 e. The van der Waals surface area contributed by atoms with Crippen LogP contribution in [0, 0.1) is 12.8 Å². The Morgan fingerprint density at radius 1 is 1.03 bits per heavy atom. The quantitative estimate of drug-likeness (QED) is 0.464. The van der Waals surface area contributed by atoms with Crippen LogP contribution in [0.3, 0.4) is 0 Å². The molecule has 0 unspecified atom stereocenters. The zero-order valence-electron chi connectivity index (χ0n) is 19.1. The molecule has 1 atom stereocenters. The molecular weight excluding hydrogens is 388 g/mol. The van der Waals surface area contributed by atoms with Gasteiger partial charge in [-0.15, -0.1) is 0 Å². The van der Waals surface area contributed by atoms with Gasteiger partial charge in [-0.25, -0.2) is 4.79 Å². The van der Waals surface area contributed by atoms with E-state index in [0.29, 0.717) is 24.7 Å². The standard InChI is InChI=1S/C27H36O4/c1-19(2)30-18-23(15-21-10-5-4-6-11-21)31-17-22-13-14-25(27(28)29)26(16-22)24-12-8-7-9-20(24)3/h7-9,12-14,16,19,21,23H,4-6,10-11,15,17-18H2,1-3H3,(H,28,29)/t23-/m0/s1. The highest BCUT2D eigenvalue weighted by molar-refractivity contribution is 5.96. The molecule has 168 valence electrons. The monoisotopic (exact) mass is 424 g/mol. The minimum absolute atomic E-state index is 0.0616. The molecule has 4 heteroatoms. The number of aromatic carboxylic acids is 1. The first-order chi connectivity index (χ1) is 14.9. The highest BCUT2D eigenvalue weighted by Crippen LogP contribution is 2.30. The van der Waals surface area contributed by atoms with Gasteiger partial charge in [0, 0.05) is 0 Å². The Morgan fingerprint density at radius 3 is 2.45 bits per heavy atom. The van der Waals surface area contributed by atoms with E-state index in [2.05, 4.69) is 13.8 Å². The number of hydrogen-bond acceptors (Lipinski definition) is 3. The van der Waals surface area contributed by atoms with Crippen LogP contribution in [0.1, 0.15) is 73.9 Å². The first-order valence-corrected chi connectivity index (χ1v) is 11.6.